The smallest absolute Gasteiger partial charge is 0.172 e. The van der Waals surface area contributed by atoms with Crippen LogP contribution < -0.4 is 5.73 Å². The standard InChI is InChI=1S/C13H19NO2/c1-13(15-9-10-16-13)12(7-8-14)11-5-3-2-4-6-11/h2-6,12H,7-10,14H2,1H3. The first-order chi connectivity index (χ1) is 7.76. The molecule has 0 aromatic heterocycles. The Morgan fingerprint density at radius 2 is 1.88 bits per heavy atom. The van der Waals surface area contributed by atoms with Crippen LogP contribution in [0.1, 0.15) is 24.8 Å². The van der Waals surface area contributed by atoms with E-state index < -0.39 is 5.79 Å². The van der Waals surface area contributed by atoms with Crippen LogP contribution in [-0.4, -0.2) is 25.5 Å². The number of ether oxygens (including phenoxy) is 2. The zero-order valence-corrected chi connectivity index (χ0v) is 9.69. The van der Waals surface area contributed by atoms with E-state index in [1.165, 1.54) is 5.56 Å². The molecule has 0 amide bonds. The van der Waals surface area contributed by atoms with Crippen molar-refractivity contribution in [1.82, 2.24) is 0 Å². The Labute approximate surface area is 96.5 Å². The van der Waals surface area contributed by atoms with Gasteiger partial charge in [0.25, 0.3) is 0 Å². The molecule has 0 saturated carbocycles. The van der Waals surface area contributed by atoms with E-state index in [1.54, 1.807) is 0 Å². The maximum atomic E-state index is 5.73. The van der Waals surface area contributed by atoms with Gasteiger partial charge in [-0.15, -0.1) is 0 Å². The maximum absolute atomic E-state index is 5.73. The number of rotatable bonds is 4. The summed E-state index contributed by atoms with van der Waals surface area (Å²) in [5.74, 6) is -0.304. The van der Waals surface area contributed by atoms with Crippen molar-refractivity contribution in [2.24, 2.45) is 5.73 Å². The second-order valence-electron chi connectivity index (χ2n) is 4.25. The Morgan fingerprint density at radius 1 is 1.25 bits per heavy atom. The molecule has 1 fully saturated rings. The molecule has 1 heterocycles. The first-order valence-electron chi connectivity index (χ1n) is 5.79. The fraction of sp³-hybridized carbons (Fsp3) is 0.538. The van der Waals surface area contributed by atoms with Gasteiger partial charge in [0.2, 0.25) is 0 Å². The van der Waals surface area contributed by atoms with E-state index in [0.717, 1.165) is 6.42 Å². The summed E-state index contributed by atoms with van der Waals surface area (Å²) in [5.41, 5.74) is 6.92. The molecule has 88 valence electrons. The molecule has 0 spiro atoms. The van der Waals surface area contributed by atoms with Crippen molar-refractivity contribution < 1.29 is 9.47 Å². The number of hydrogen-bond acceptors (Lipinski definition) is 3. The number of hydrogen-bond donors (Lipinski definition) is 1. The highest BCUT2D eigenvalue weighted by Crippen LogP contribution is 2.37. The van der Waals surface area contributed by atoms with Crippen LogP contribution in [0.5, 0.6) is 0 Å². The van der Waals surface area contributed by atoms with E-state index >= 15 is 0 Å². The van der Waals surface area contributed by atoms with E-state index in [-0.39, 0.29) is 5.92 Å². The molecule has 0 radical (unpaired) electrons. The Kier molecular flexibility index (Phi) is 3.59. The van der Waals surface area contributed by atoms with Gasteiger partial charge in [0.15, 0.2) is 5.79 Å². The van der Waals surface area contributed by atoms with Crippen LogP contribution in [0.25, 0.3) is 0 Å². The average molecular weight is 221 g/mol. The summed E-state index contributed by atoms with van der Waals surface area (Å²) in [7, 11) is 0. The van der Waals surface area contributed by atoms with E-state index in [2.05, 4.69) is 12.1 Å². The van der Waals surface area contributed by atoms with Gasteiger partial charge in [0.05, 0.1) is 13.2 Å². The maximum Gasteiger partial charge on any atom is 0.172 e. The first-order valence-corrected chi connectivity index (χ1v) is 5.79. The van der Waals surface area contributed by atoms with E-state index in [4.69, 9.17) is 15.2 Å². The topological polar surface area (TPSA) is 44.5 Å². The highest BCUT2D eigenvalue weighted by molar-refractivity contribution is 5.22. The predicted octanol–water partition coefficient (Wildman–Crippen LogP) is 1.88. The first kappa shape index (κ1) is 11.6. The van der Waals surface area contributed by atoms with Gasteiger partial charge in [-0.05, 0) is 25.5 Å². The van der Waals surface area contributed by atoms with Gasteiger partial charge < -0.3 is 15.2 Å². The van der Waals surface area contributed by atoms with Crippen molar-refractivity contribution in [1.29, 1.82) is 0 Å². The number of benzene rings is 1. The third-order valence-corrected chi connectivity index (χ3v) is 3.15. The van der Waals surface area contributed by atoms with Gasteiger partial charge in [0, 0.05) is 5.92 Å². The summed E-state index contributed by atoms with van der Waals surface area (Å²) >= 11 is 0. The van der Waals surface area contributed by atoms with Gasteiger partial charge in [-0.1, -0.05) is 30.3 Å². The molecule has 1 atom stereocenters. The van der Waals surface area contributed by atoms with Crippen LogP contribution in [0.3, 0.4) is 0 Å². The Morgan fingerprint density at radius 3 is 2.44 bits per heavy atom. The summed E-state index contributed by atoms with van der Waals surface area (Å²) in [6.07, 6.45) is 0.876. The third-order valence-electron chi connectivity index (χ3n) is 3.15. The molecule has 0 aliphatic carbocycles. The summed E-state index contributed by atoms with van der Waals surface area (Å²) in [6, 6.07) is 10.3. The van der Waals surface area contributed by atoms with Gasteiger partial charge in [-0.25, -0.2) is 0 Å². The molecule has 1 saturated heterocycles. The van der Waals surface area contributed by atoms with Crippen LogP contribution in [0.4, 0.5) is 0 Å². The highest BCUT2D eigenvalue weighted by Gasteiger charge is 2.40. The molecule has 3 heteroatoms. The van der Waals surface area contributed by atoms with Gasteiger partial charge in [-0.3, -0.25) is 0 Å². The highest BCUT2D eigenvalue weighted by atomic mass is 16.7. The van der Waals surface area contributed by atoms with Crippen molar-refractivity contribution in [2.75, 3.05) is 19.8 Å². The Hall–Kier alpha value is -0.900. The minimum atomic E-state index is -0.513. The molecule has 1 aromatic rings. The van der Waals surface area contributed by atoms with E-state index in [9.17, 15) is 0 Å². The van der Waals surface area contributed by atoms with Crippen LogP contribution >= 0.6 is 0 Å². The molecule has 1 aliphatic rings. The average Bonchev–Trinajstić information content (AvgIpc) is 2.75. The second-order valence-corrected chi connectivity index (χ2v) is 4.25. The minimum Gasteiger partial charge on any atom is -0.347 e. The van der Waals surface area contributed by atoms with E-state index in [1.807, 2.05) is 25.1 Å². The van der Waals surface area contributed by atoms with Crippen LogP contribution in [0.15, 0.2) is 30.3 Å². The molecular formula is C13H19NO2. The molecule has 1 unspecified atom stereocenters. The fourth-order valence-electron chi connectivity index (χ4n) is 2.32. The molecule has 0 bridgehead atoms. The van der Waals surface area contributed by atoms with Crippen molar-refractivity contribution >= 4 is 0 Å². The molecular weight excluding hydrogens is 202 g/mol. The SMILES string of the molecule is CC1(C(CCN)c2ccccc2)OCCO1. The van der Waals surface area contributed by atoms with Crippen LogP contribution in [0.2, 0.25) is 0 Å². The van der Waals surface area contributed by atoms with Gasteiger partial charge >= 0.3 is 0 Å². The third kappa shape index (κ3) is 2.26. The zero-order valence-electron chi connectivity index (χ0n) is 9.69. The lowest BCUT2D eigenvalue weighted by molar-refractivity contribution is -0.161. The Bertz CT molecular complexity index is 320. The predicted molar refractivity (Wildman–Crippen MR) is 63.2 cm³/mol. The second kappa shape index (κ2) is 4.95. The van der Waals surface area contributed by atoms with Crippen molar-refractivity contribution in [3.63, 3.8) is 0 Å². The van der Waals surface area contributed by atoms with Gasteiger partial charge in [-0.2, -0.15) is 0 Å². The normalized spacial score (nSPS) is 20.9. The quantitative estimate of drug-likeness (QED) is 0.844. The molecule has 1 aliphatic heterocycles. The molecule has 16 heavy (non-hydrogen) atoms. The summed E-state index contributed by atoms with van der Waals surface area (Å²) in [5, 5.41) is 0. The largest absolute Gasteiger partial charge is 0.347 e. The lowest BCUT2D eigenvalue weighted by Crippen LogP contribution is -2.35. The number of nitrogens with two attached hydrogens (primary N) is 1. The lowest BCUT2D eigenvalue weighted by atomic mass is 9.88. The van der Waals surface area contributed by atoms with Crippen LogP contribution in [0, 0.1) is 0 Å². The zero-order chi connectivity index (χ0) is 11.4. The van der Waals surface area contributed by atoms with Crippen LogP contribution in [-0.2, 0) is 9.47 Å². The van der Waals surface area contributed by atoms with Gasteiger partial charge in [0.1, 0.15) is 0 Å². The molecule has 3 nitrogen and oxygen atoms in total. The molecule has 1 aromatic carbocycles. The monoisotopic (exact) mass is 221 g/mol. The molecule has 2 N–H and O–H groups in total. The van der Waals surface area contributed by atoms with Crippen molar-refractivity contribution in [3.8, 4) is 0 Å². The lowest BCUT2D eigenvalue weighted by Gasteiger charge is -2.32. The summed E-state index contributed by atoms with van der Waals surface area (Å²) in [4.78, 5) is 0. The van der Waals surface area contributed by atoms with E-state index in [0.29, 0.717) is 19.8 Å². The summed E-state index contributed by atoms with van der Waals surface area (Å²) in [6.45, 7) is 3.99. The van der Waals surface area contributed by atoms with Crippen molar-refractivity contribution in [2.45, 2.75) is 25.0 Å². The minimum absolute atomic E-state index is 0.209. The summed E-state index contributed by atoms with van der Waals surface area (Å²) < 4.78 is 11.5. The fourth-order valence-corrected chi connectivity index (χ4v) is 2.32. The van der Waals surface area contributed by atoms with Crippen molar-refractivity contribution in [3.05, 3.63) is 35.9 Å². The molecule has 2 rings (SSSR count). The Balaban J connectivity index is 2.23.